The van der Waals surface area contributed by atoms with Crippen LogP contribution in [0.1, 0.15) is 11.1 Å². The van der Waals surface area contributed by atoms with Crippen LogP contribution in [0.2, 0.25) is 0 Å². The van der Waals surface area contributed by atoms with Gasteiger partial charge in [0.25, 0.3) is 0 Å². The fraction of sp³-hybridized carbons (Fsp3) is 0.133. The minimum atomic E-state index is -0.437. The molecule has 5 heteroatoms. The van der Waals surface area contributed by atoms with E-state index in [4.69, 9.17) is 0 Å². The summed E-state index contributed by atoms with van der Waals surface area (Å²) >= 11 is 3.09. The van der Waals surface area contributed by atoms with Crippen LogP contribution < -0.4 is 5.32 Å². The third-order valence-corrected chi connectivity index (χ3v) is 3.49. The zero-order chi connectivity index (χ0) is 14.7. The second-order valence-electron chi connectivity index (χ2n) is 4.43. The van der Waals surface area contributed by atoms with Crippen LogP contribution in [0.15, 0.2) is 40.9 Å². The van der Waals surface area contributed by atoms with Crippen LogP contribution in [0.4, 0.5) is 10.1 Å². The van der Waals surface area contributed by atoms with E-state index in [0.717, 1.165) is 5.56 Å². The lowest BCUT2D eigenvalue weighted by Gasteiger charge is -2.10. The summed E-state index contributed by atoms with van der Waals surface area (Å²) in [5.74, 6) is -0.675. The average Bonchev–Trinajstić information content (AvgIpc) is 2.39. The number of phenolic OH excluding ortho intramolecular Hbond substituents is 1. The summed E-state index contributed by atoms with van der Waals surface area (Å²) in [7, 11) is 0. The lowest BCUT2D eigenvalue weighted by molar-refractivity contribution is -0.115. The Bertz CT molecular complexity index is 658. The van der Waals surface area contributed by atoms with E-state index < -0.39 is 5.82 Å². The summed E-state index contributed by atoms with van der Waals surface area (Å²) < 4.78 is 13.8. The molecule has 2 aromatic rings. The molecule has 104 valence electrons. The monoisotopic (exact) mass is 337 g/mol. The molecule has 0 heterocycles. The molecule has 2 N–H and O–H groups in total. The van der Waals surface area contributed by atoms with Gasteiger partial charge < -0.3 is 10.4 Å². The van der Waals surface area contributed by atoms with E-state index in [0.29, 0.717) is 15.7 Å². The van der Waals surface area contributed by atoms with E-state index in [1.165, 1.54) is 12.1 Å². The predicted octanol–water partition coefficient (Wildman–Crippen LogP) is 3.78. The summed E-state index contributed by atoms with van der Waals surface area (Å²) in [5, 5.41) is 12.3. The number of para-hydroxylation sites is 1. The highest BCUT2D eigenvalue weighted by Crippen LogP contribution is 2.24. The number of carbonyl (C=O) groups is 1. The number of phenols is 1. The summed E-state index contributed by atoms with van der Waals surface area (Å²) in [4.78, 5) is 11.9. The lowest BCUT2D eigenvalue weighted by Crippen LogP contribution is -2.15. The maximum absolute atomic E-state index is 13.5. The molecule has 0 radical (unpaired) electrons. The Morgan fingerprint density at radius 3 is 2.75 bits per heavy atom. The maximum Gasteiger partial charge on any atom is 0.228 e. The Hall–Kier alpha value is -1.88. The quantitative estimate of drug-likeness (QED) is 0.895. The van der Waals surface area contributed by atoms with Crippen LogP contribution in [-0.4, -0.2) is 11.0 Å². The van der Waals surface area contributed by atoms with E-state index in [1.807, 2.05) is 0 Å². The molecule has 0 aliphatic carbocycles. The molecule has 0 saturated heterocycles. The number of benzene rings is 2. The Morgan fingerprint density at radius 1 is 1.35 bits per heavy atom. The zero-order valence-corrected chi connectivity index (χ0v) is 12.4. The van der Waals surface area contributed by atoms with Crippen molar-refractivity contribution in [2.75, 3.05) is 5.32 Å². The average molecular weight is 338 g/mol. The second-order valence-corrected chi connectivity index (χ2v) is 5.29. The van der Waals surface area contributed by atoms with Crippen LogP contribution >= 0.6 is 15.9 Å². The summed E-state index contributed by atoms with van der Waals surface area (Å²) in [5.41, 5.74) is 1.70. The zero-order valence-electron chi connectivity index (χ0n) is 10.8. The fourth-order valence-corrected chi connectivity index (χ4v) is 2.27. The van der Waals surface area contributed by atoms with Crippen LogP contribution in [-0.2, 0) is 11.2 Å². The number of rotatable bonds is 3. The number of hydrogen-bond acceptors (Lipinski definition) is 2. The highest BCUT2D eigenvalue weighted by atomic mass is 79.9. The van der Waals surface area contributed by atoms with Gasteiger partial charge in [-0.1, -0.05) is 18.2 Å². The molecular weight excluding hydrogens is 325 g/mol. The summed E-state index contributed by atoms with van der Waals surface area (Å²) in [6, 6.07) is 9.49. The molecule has 0 unspecified atom stereocenters. The normalized spacial score (nSPS) is 10.3. The van der Waals surface area contributed by atoms with Gasteiger partial charge in [-0.25, -0.2) is 4.39 Å². The Kier molecular flexibility index (Phi) is 4.39. The number of aryl methyl sites for hydroxylation is 1. The molecule has 2 aromatic carbocycles. The first kappa shape index (κ1) is 14.5. The molecule has 2 rings (SSSR count). The summed E-state index contributed by atoms with van der Waals surface area (Å²) in [6.45, 7) is 1.78. The number of nitrogens with one attached hydrogen (secondary N) is 1. The van der Waals surface area contributed by atoms with Gasteiger partial charge in [0.1, 0.15) is 11.6 Å². The first-order valence-electron chi connectivity index (χ1n) is 5.99. The first-order valence-corrected chi connectivity index (χ1v) is 6.79. The molecule has 3 nitrogen and oxygen atoms in total. The van der Waals surface area contributed by atoms with Gasteiger partial charge in [-0.05, 0) is 46.6 Å². The lowest BCUT2D eigenvalue weighted by atomic mass is 10.1. The van der Waals surface area contributed by atoms with Crippen molar-refractivity contribution in [3.63, 3.8) is 0 Å². The number of carbonyl (C=O) groups excluding carboxylic acids is 1. The SMILES string of the molecule is Cc1cc(Br)c(F)cc1NC(=O)Cc1ccccc1O. The third kappa shape index (κ3) is 3.36. The van der Waals surface area contributed by atoms with E-state index in [9.17, 15) is 14.3 Å². The second kappa shape index (κ2) is 6.05. The molecule has 0 saturated carbocycles. The van der Waals surface area contributed by atoms with Crippen molar-refractivity contribution in [1.29, 1.82) is 0 Å². The van der Waals surface area contributed by atoms with E-state index in [2.05, 4.69) is 21.2 Å². The van der Waals surface area contributed by atoms with Gasteiger partial charge >= 0.3 is 0 Å². The van der Waals surface area contributed by atoms with Crippen molar-refractivity contribution < 1.29 is 14.3 Å². The number of aromatic hydroxyl groups is 1. The topological polar surface area (TPSA) is 49.3 Å². The number of hydrogen-bond donors (Lipinski definition) is 2. The molecule has 0 atom stereocenters. The molecule has 0 aliphatic heterocycles. The van der Waals surface area contributed by atoms with E-state index in [1.54, 1.807) is 31.2 Å². The highest BCUT2D eigenvalue weighted by molar-refractivity contribution is 9.10. The first-order chi connectivity index (χ1) is 9.47. The van der Waals surface area contributed by atoms with Gasteiger partial charge in [-0.2, -0.15) is 0 Å². The fourth-order valence-electron chi connectivity index (χ4n) is 1.81. The minimum Gasteiger partial charge on any atom is -0.508 e. The van der Waals surface area contributed by atoms with E-state index in [-0.39, 0.29) is 18.1 Å². The van der Waals surface area contributed by atoms with Crippen molar-refractivity contribution >= 4 is 27.5 Å². The highest BCUT2D eigenvalue weighted by Gasteiger charge is 2.11. The van der Waals surface area contributed by atoms with Crippen molar-refractivity contribution in [2.24, 2.45) is 0 Å². The van der Waals surface area contributed by atoms with Gasteiger partial charge in [-0.3, -0.25) is 4.79 Å². The van der Waals surface area contributed by atoms with Gasteiger partial charge in [-0.15, -0.1) is 0 Å². The molecular formula is C15H13BrFNO2. The van der Waals surface area contributed by atoms with Crippen molar-refractivity contribution in [2.45, 2.75) is 13.3 Å². The predicted molar refractivity (Wildman–Crippen MR) is 79.3 cm³/mol. The van der Waals surface area contributed by atoms with Gasteiger partial charge in [0.05, 0.1) is 10.9 Å². The largest absolute Gasteiger partial charge is 0.508 e. The minimum absolute atomic E-state index is 0.0315. The molecule has 0 spiro atoms. The van der Waals surface area contributed by atoms with Crippen molar-refractivity contribution in [1.82, 2.24) is 0 Å². The Morgan fingerprint density at radius 2 is 2.05 bits per heavy atom. The summed E-state index contributed by atoms with van der Waals surface area (Å²) in [6.07, 6.45) is 0.0315. The van der Waals surface area contributed by atoms with Crippen LogP contribution in [0.5, 0.6) is 5.75 Å². The third-order valence-electron chi connectivity index (χ3n) is 2.88. The Balaban J connectivity index is 2.13. The van der Waals surface area contributed by atoms with Crippen LogP contribution in [0.25, 0.3) is 0 Å². The van der Waals surface area contributed by atoms with Crippen LogP contribution in [0.3, 0.4) is 0 Å². The standard InChI is InChI=1S/C15H13BrFNO2/c1-9-6-11(16)12(17)8-13(9)18-15(20)7-10-4-2-3-5-14(10)19/h2-6,8,19H,7H2,1H3,(H,18,20). The molecule has 0 aliphatic rings. The maximum atomic E-state index is 13.5. The van der Waals surface area contributed by atoms with Crippen LogP contribution in [0, 0.1) is 12.7 Å². The molecule has 1 amide bonds. The Labute approximate surface area is 124 Å². The van der Waals surface area contributed by atoms with Gasteiger partial charge in [0, 0.05) is 11.3 Å². The number of halogens is 2. The molecule has 0 fully saturated rings. The number of anilines is 1. The van der Waals surface area contributed by atoms with Crippen molar-refractivity contribution in [3.8, 4) is 5.75 Å². The van der Waals surface area contributed by atoms with E-state index >= 15 is 0 Å². The molecule has 0 aromatic heterocycles. The molecule has 0 bridgehead atoms. The van der Waals surface area contributed by atoms with Crippen molar-refractivity contribution in [3.05, 3.63) is 57.8 Å². The smallest absolute Gasteiger partial charge is 0.228 e. The van der Waals surface area contributed by atoms with Gasteiger partial charge in [0.2, 0.25) is 5.91 Å². The van der Waals surface area contributed by atoms with Gasteiger partial charge in [0.15, 0.2) is 0 Å². The number of amides is 1. The molecule has 20 heavy (non-hydrogen) atoms.